The van der Waals surface area contributed by atoms with Gasteiger partial charge in [-0.1, -0.05) is 0 Å². The monoisotopic (exact) mass is 316 g/mol. The minimum Gasteiger partial charge on any atom is -0.391 e. The van der Waals surface area contributed by atoms with E-state index >= 15 is 0 Å². The minimum absolute atomic E-state index is 0.128. The fraction of sp³-hybridized carbons (Fsp3) is 0.667. The largest absolute Gasteiger partial charge is 0.391 e. The molecule has 1 aromatic heterocycles. The number of carbonyl (C=O) groups excluding carboxylic acids is 1. The molecule has 0 saturated carbocycles. The quantitative estimate of drug-likeness (QED) is 0.748. The lowest BCUT2D eigenvalue weighted by Crippen LogP contribution is -2.33. The lowest BCUT2D eigenvalue weighted by atomic mass is 10.1. The number of aliphatic hydroxyl groups is 1. The molecule has 2 atom stereocenters. The van der Waals surface area contributed by atoms with Gasteiger partial charge in [0.15, 0.2) is 0 Å². The Morgan fingerprint density at radius 3 is 2.67 bits per heavy atom. The topological polar surface area (TPSA) is 95.7 Å². The number of aryl methyl sites for hydroxylation is 1. The van der Waals surface area contributed by atoms with Gasteiger partial charge < -0.3 is 14.6 Å². The lowest BCUT2D eigenvalue weighted by molar-refractivity contribution is 0.0759. The molecular weight excluding hydrogens is 296 g/mol. The molecule has 1 aliphatic rings. The summed E-state index contributed by atoms with van der Waals surface area (Å²) in [6, 6.07) is 0. The van der Waals surface area contributed by atoms with Gasteiger partial charge in [0, 0.05) is 46.3 Å². The Hall–Kier alpha value is -1.45. The SMILES string of the molecule is CN(C)S(=O)(=O)C[C@@H]1CN(C(=O)c2cn(C)cn2)C[C@H]1O. The fourth-order valence-electron chi connectivity index (χ4n) is 2.29. The molecule has 8 nitrogen and oxygen atoms in total. The van der Waals surface area contributed by atoms with Crippen LogP contribution in [0.4, 0.5) is 0 Å². The Labute approximate surface area is 124 Å². The van der Waals surface area contributed by atoms with E-state index in [1.807, 2.05) is 0 Å². The van der Waals surface area contributed by atoms with Crippen LogP contribution in [0.3, 0.4) is 0 Å². The van der Waals surface area contributed by atoms with Crippen molar-refractivity contribution in [1.82, 2.24) is 18.8 Å². The molecule has 2 heterocycles. The van der Waals surface area contributed by atoms with Gasteiger partial charge >= 0.3 is 0 Å². The van der Waals surface area contributed by atoms with Crippen LogP contribution in [0.2, 0.25) is 0 Å². The van der Waals surface area contributed by atoms with Crippen LogP contribution in [0.5, 0.6) is 0 Å². The van der Waals surface area contributed by atoms with Crippen LogP contribution < -0.4 is 0 Å². The Morgan fingerprint density at radius 2 is 2.14 bits per heavy atom. The number of nitrogens with zero attached hydrogens (tertiary/aromatic N) is 4. The van der Waals surface area contributed by atoms with Crippen LogP contribution in [0.1, 0.15) is 10.5 Å². The van der Waals surface area contributed by atoms with Gasteiger partial charge in [0.25, 0.3) is 5.91 Å². The number of hydrogen-bond donors (Lipinski definition) is 1. The molecule has 21 heavy (non-hydrogen) atoms. The van der Waals surface area contributed by atoms with Crippen LogP contribution in [0.25, 0.3) is 0 Å². The van der Waals surface area contributed by atoms with Crippen molar-refractivity contribution in [3.63, 3.8) is 0 Å². The standard InChI is InChI=1S/C12H20N4O4S/c1-14(2)21(19,20)7-9-4-16(6-11(9)17)12(18)10-5-15(3)8-13-10/h5,8-9,11,17H,4,6-7H2,1-3H3/t9-,11+/m0/s1. The van der Waals surface area contributed by atoms with Crippen molar-refractivity contribution in [2.45, 2.75) is 6.10 Å². The van der Waals surface area contributed by atoms with Crippen molar-refractivity contribution in [2.75, 3.05) is 32.9 Å². The predicted molar refractivity (Wildman–Crippen MR) is 76.1 cm³/mol. The highest BCUT2D eigenvalue weighted by molar-refractivity contribution is 7.89. The van der Waals surface area contributed by atoms with Crippen LogP contribution >= 0.6 is 0 Å². The van der Waals surface area contributed by atoms with Gasteiger partial charge in [-0.25, -0.2) is 17.7 Å². The number of sulfonamides is 1. The van der Waals surface area contributed by atoms with Gasteiger partial charge in [0.2, 0.25) is 10.0 Å². The first-order chi connectivity index (χ1) is 9.70. The van der Waals surface area contributed by atoms with E-state index in [9.17, 15) is 18.3 Å². The molecule has 1 N–H and O–H groups in total. The minimum atomic E-state index is -3.41. The molecular formula is C12H20N4O4S. The molecule has 1 saturated heterocycles. The number of rotatable bonds is 4. The molecule has 2 rings (SSSR count). The molecule has 118 valence electrons. The normalized spacial score (nSPS) is 23.0. The van der Waals surface area contributed by atoms with E-state index in [-0.39, 0.29) is 24.7 Å². The second-order valence-corrected chi connectivity index (χ2v) is 7.75. The highest BCUT2D eigenvalue weighted by atomic mass is 32.2. The van der Waals surface area contributed by atoms with E-state index in [2.05, 4.69) is 4.98 Å². The highest BCUT2D eigenvalue weighted by Gasteiger charge is 2.38. The van der Waals surface area contributed by atoms with E-state index < -0.39 is 22.0 Å². The number of amides is 1. The molecule has 0 aromatic carbocycles. The third-order valence-corrected chi connectivity index (χ3v) is 5.56. The maximum atomic E-state index is 12.2. The summed E-state index contributed by atoms with van der Waals surface area (Å²) in [5.41, 5.74) is 0.292. The first-order valence-electron chi connectivity index (χ1n) is 6.56. The summed E-state index contributed by atoms with van der Waals surface area (Å²) >= 11 is 0. The summed E-state index contributed by atoms with van der Waals surface area (Å²) in [6.45, 7) is 0.340. The van der Waals surface area contributed by atoms with Crippen molar-refractivity contribution in [1.29, 1.82) is 0 Å². The fourth-order valence-corrected chi connectivity index (χ4v) is 3.46. The molecule has 1 aromatic rings. The zero-order valence-corrected chi connectivity index (χ0v) is 13.1. The van der Waals surface area contributed by atoms with Crippen LogP contribution in [-0.2, 0) is 17.1 Å². The average Bonchev–Trinajstić information content (AvgIpc) is 2.95. The van der Waals surface area contributed by atoms with E-state index in [1.54, 1.807) is 17.8 Å². The zero-order chi connectivity index (χ0) is 15.8. The highest BCUT2D eigenvalue weighted by Crippen LogP contribution is 2.21. The number of β-amino-alcohol motifs (C(OH)–C–C–N with tert-alkyl or cyclic N) is 1. The summed E-state index contributed by atoms with van der Waals surface area (Å²) in [5, 5.41) is 10.0. The number of aliphatic hydroxyl groups excluding tert-OH is 1. The van der Waals surface area contributed by atoms with Crippen molar-refractivity contribution >= 4 is 15.9 Å². The third kappa shape index (κ3) is 3.42. The van der Waals surface area contributed by atoms with Gasteiger partial charge in [-0.15, -0.1) is 0 Å². The number of hydrogen-bond acceptors (Lipinski definition) is 5. The van der Waals surface area contributed by atoms with Crippen molar-refractivity contribution in [2.24, 2.45) is 13.0 Å². The molecule has 0 radical (unpaired) electrons. The maximum absolute atomic E-state index is 12.2. The van der Waals surface area contributed by atoms with Crippen molar-refractivity contribution in [3.05, 3.63) is 18.2 Å². The van der Waals surface area contributed by atoms with Gasteiger partial charge in [0.05, 0.1) is 18.2 Å². The second kappa shape index (κ2) is 5.74. The summed E-state index contributed by atoms with van der Waals surface area (Å²) in [4.78, 5) is 17.7. The summed E-state index contributed by atoms with van der Waals surface area (Å²) in [6.07, 6.45) is 2.28. The summed E-state index contributed by atoms with van der Waals surface area (Å²) in [5.74, 6) is -0.947. The Bertz CT molecular complexity index is 625. The van der Waals surface area contributed by atoms with E-state index in [0.717, 1.165) is 4.31 Å². The molecule has 9 heteroatoms. The first kappa shape index (κ1) is 15.9. The number of imidazole rings is 1. The Morgan fingerprint density at radius 1 is 1.48 bits per heavy atom. The molecule has 0 unspecified atom stereocenters. The summed E-state index contributed by atoms with van der Waals surface area (Å²) in [7, 11) is 1.25. The lowest BCUT2D eigenvalue weighted by Gasteiger charge is -2.17. The molecule has 1 amide bonds. The van der Waals surface area contributed by atoms with E-state index in [0.29, 0.717) is 5.69 Å². The molecule has 0 bridgehead atoms. The van der Waals surface area contributed by atoms with Crippen LogP contribution in [0.15, 0.2) is 12.5 Å². The number of carbonyl (C=O) groups is 1. The van der Waals surface area contributed by atoms with Gasteiger partial charge in [-0.2, -0.15) is 0 Å². The van der Waals surface area contributed by atoms with E-state index in [4.69, 9.17) is 0 Å². The number of likely N-dealkylation sites (tertiary alicyclic amines) is 1. The van der Waals surface area contributed by atoms with Gasteiger partial charge in [0.1, 0.15) is 5.69 Å². The van der Waals surface area contributed by atoms with Crippen molar-refractivity contribution in [3.8, 4) is 0 Å². The maximum Gasteiger partial charge on any atom is 0.274 e. The molecule has 0 spiro atoms. The number of aromatic nitrogens is 2. The Kier molecular flexibility index (Phi) is 4.35. The Balaban J connectivity index is 2.06. The van der Waals surface area contributed by atoms with Crippen LogP contribution in [0, 0.1) is 5.92 Å². The van der Waals surface area contributed by atoms with Gasteiger partial charge in [-0.05, 0) is 0 Å². The van der Waals surface area contributed by atoms with Gasteiger partial charge in [-0.3, -0.25) is 4.79 Å². The van der Waals surface area contributed by atoms with E-state index in [1.165, 1.54) is 25.3 Å². The predicted octanol–water partition coefficient (Wildman–Crippen LogP) is -1.26. The summed E-state index contributed by atoms with van der Waals surface area (Å²) < 4.78 is 26.5. The third-order valence-electron chi connectivity index (χ3n) is 3.60. The molecule has 1 fully saturated rings. The smallest absolute Gasteiger partial charge is 0.274 e. The van der Waals surface area contributed by atoms with Crippen molar-refractivity contribution < 1.29 is 18.3 Å². The zero-order valence-electron chi connectivity index (χ0n) is 12.3. The first-order valence-corrected chi connectivity index (χ1v) is 8.17. The molecule has 1 aliphatic heterocycles. The van der Waals surface area contributed by atoms with Crippen LogP contribution in [-0.4, -0.2) is 77.2 Å². The molecule has 0 aliphatic carbocycles. The second-order valence-electron chi connectivity index (χ2n) is 5.52. The average molecular weight is 316 g/mol.